The van der Waals surface area contributed by atoms with Gasteiger partial charge < -0.3 is 10.5 Å². The summed E-state index contributed by atoms with van der Waals surface area (Å²) >= 11 is 0. The quantitative estimate of drug-likeness (QED) is 0.670. The Morgan fingerprint density at radius 3 is 1.68 bits per heavy atom. The standard InChI is InChI=1S/C23H17F3N2O3/c24-17-7-1-14(2-8-17)21-23(15-3-9-18(25)10-4-15,16-5-11-19(26)12-6-16)31-22(30)28(21)13-20(27)29/h1-12,21H,13H2,(H2,27,29). The van der Waals surface area contributed by atoms with Crippen LogP contribution in [-0.2, 0) is 15.1 Å². The number of cyclic esters (lactones) is 1. The Kier molecular flexibility index (Phi) is 5.14. The van der Waals surface area contributed by atoms with Gasteiger partial charge in [-0.1, -0.05) is 36.4 Å². The minimum Gasteiger partial charge on any atom is -0.430 e. The Labute approximate surface area is 175 Å². The second-order valence-electron chi connectivity index (χ2n) is 7.17. The smallest absolute Gasteiger partial charge is 0.412 e. The summed E-state index contributed by atoms with van der Waals surface area (Å²) in [5.41, 5.74) is 4.99. The van der Waals surface area contributed by atoms with Gasteiger partial charge in [-0.2, -0.15) is 0 Å². The van der Waals surface area contributed by atoms with Gasteiger partial charge in [0.05, 0.1) is 0 Å². The first kappa shape index (κ1) is 20.5. The van der Waals surface area contributed by atoms with Crippen LogP contribution >= 0.6 is 0 Å². The SMILES string of the molecule is NC(=O)CN1C(=O)OC(c2ccc(F)cc2)(c2ccc(F)cc2)C1c1ccc(F)cc1. The highest BCUT2D eigenvalue weighted by Crippen LogP contribution is 2.52. The molecule has 158 valence electrons. The van der Waals surface area contributed by atoms with Crippen LogP contribution in [0, 0.1) is 17.5 Å². The van der Waals surface area contributed by atoms with Crippen LogP contribution in [0.3, 0.4) is 0 Å². The van der Waals surface area contributed by atoms with Crippen molar-refractivity contribution >= 4 is 12.0 Å². The fraction of sp³-hybridized carbons (Fsp3) is 0.130. The zero-order chi connectivity index (χ0) is 22.2. The van der Waals surface area contributed by atoms with Gasteiger partial charge in [-0.15, -0.1) is 0 Å². The van der Waals surface area contributed by atoms with Gasteiger partial charge in [-0.3, -0.25) is 9.69 Å². The number of carbonyl (C=O) groups is 2. The number of primary amides is 1. The van der Waals surface area contributed by atoms with Gasteiger partial charge in [0.25, 0.3) is 0 Å². The monoisotopic (exact) mass is 426 g/mol. The van der Waals surface area contributed by atoms with E-state index in [1.165, 1.54) is 72.8 Å². The summed E-state index contributed by atoms with van der Waals surface area (Å²) in [5.74, 6) is -2.29. The van der Waals surface area contributed by atoms with Crippen molar-refractivity contribution in [3.63, 3.8) is 0 Å². The molecule has 0 spiro atoms. The number of nitrogens with two attached hydrogens (primary N) is 1. The highest BCUT2D eigenvalue weighted by Gasteiger charge is 2.57. The molecule has 8 heteroatoms. The van der Waals surface area contributed by atoms with Crippen LogP contribution in [0.1, 0.15) is 22.7 Å². The van der Waals surface area contributed by atoms with Crippen molar-refractivity contribution in [1.29, 1.82) is 0 Å². The average molecular weight is 426 g/mol. The molecule has 2 amide bonds. The predicted octanol–water partition coefficient (Wildman–Crippen LogP) is 4.03. The summed E-state index contributed by atoms with van der Waals surface area (Å²) in [6.45, 7) is -0.467. The van der Waals surface area contributed by atoms with Gasteiger partial charge in [0, 0.05) is 11.1 Å². The highest BCUT2D eigenvalue weighted by molar-refractivity contribution is 5.83. The fourth-order valence-electron chi connectivity index (χ4n) is 3.96. The third-order valence-corrected chi connectivity index (χ3v) is 5.24. The Hall–Kier alpha value is -3.81. The van der Waals surface area contributed by atoms with E-state index in [0.717, 1.165) is 4.90 Å². The minimum atomic E-state index is -1.58. The predicted molar refractivity (Wildman–Crippen MR) is 105 cm³/mol. The van der Waals surface area contributed by atoms with Crippen molar-refractivity contribution < 1.29 is 27.5 Å². The first-order valence-electron chi connectivity index (χ1n) is 9.37. The maximum atomic E-state index is 13.7. The first-order valence-corrected chi connectivity index (χ1v) is 9.37. The van der Waals surface area contributed by atoms with Crippen LogP contribution in [0.25, 0.3) is 0 Å². The molecule has 2 N–H and O–H groups in total. The largest absolute Gasteiger partial charge is 0.430 e. The lowest BCUT2D eigenvalue weighted by Crippen LogP contribution is -2.41. The molecule has 5 nitrogen and oxygen atoms in total. The Morgan fingerprint density at radius 2 is 1.26 bits per heavy atom. The van der Waals surface area contributed by atoms with Gasteiger partial charge in [0.1, 0.15) is 30.0 Å². The Morgan fingerprint density at radius 1 is 0.839 bits per heavy atom. The first-order chi connectivity index (χ1) is 14.8. The molecular formula is C23H17F3N2O3. The number of rotatable bonds is 5. The van der Waals surface area contributed by atoms with Gasteiger partial charge in [-0.25, -0.2) is 18.0 Å². The molecule has 0 bridgehead atoms. The average Bonchev–Trinajstić information content (AvgIpc) is 3.02. The highest BCUT2D eigenvalue weighted by atomic mass is 19.1. The molecule has 1 heterocycles. The Bertz CT molecular complexity index is 1070. The van der Waals surface area contributed by atoms with Gasteiger partial charge >= 0.3 is 6.09 Å². The zero-order valence-corrected chi connectivity index (χ0v) is 16.1. The molecular weight excluding hydrogens is 409 g/mol. The molecule has 0 aromatic heterocycles. The van der Waals surface area contributed by atoms with Crippen LogP contribution in [-0.4, -0.2) is 23.4 Å². The van der Waals surface area contributed by atoms with E-state index in [0.29, 0.717) is 16.7 Å². The van der Waals surface area contributed by atoms with Crippen molar-refractivity contribution in [2.45, 2.75) is 11.6 Å². The lowest BCUT2D eigenvalue weighted by atomic mass is 9.77. The van der Waals surface area contributed by atoms with Gasteiger partial charge in [-0.05, 0) is 42.0 Å². The Balaban J connectivity index is 2.01. The number of amides is 2. The topological polar surface area (TPSA) is 72.6 Å². The van der Waals surface area contributed by atoms with Crippen molar-refractivity contribution in [2.75, 3.05) is 6.54 Å². The molecule has 0 aliphatic carbocycles. The van der Waals surface area contributed by atoms with Crippen LogP contribution in [0.5, 0.6) is 0 Å². The van der Waals surface area contributed by atoms with E-state index < -0.39 is 47.6 Å². The number of halogens is 3. The third kappa shape index (κ3) is 3.61. The zero-order valence-electron chi connectivity index (χ0n) is 16.1. The number of carbonyl (C=O) groups excluding carboxylic acids is 2. The molecule has 3 aromatic rings. The molecule has 31 heavy (non-hydrogen) atoms. The molecule has 1 fully saturated rings. The lowest BCUT2D eigenvalue weighted by Gasteiger charge is -2.36. The molecule has 4 rings (SSSR count). The lowest BCUT2D eigenvalue weighted by molar-refractivity contribution is -0.118. The second-order valence-corrected chi connectivity index (χ2v) is 7.17. The van der Waals surface area contributed by atoms with E-state index in [2.05, 4.69) is 0 Å². The van der Waals surface area contributed by atoms with Crippen molar-refractivity contribution in [3.05, 3.63) is 107 Å². The summed E-state index contributed by atoms with van der Waals surface area (Å²) in [4.78, 5) is 25.8. The van der Waals surface area contributed by atoms with E-state index in [4.69, 9.17) is 10.5 Å². The number of ether oxygens (including phenoxy) is 1. The maximum Gasteiger partial charge on any atom is 0.412 e. The maximum absolute atomic E-state index is 13.7. The number of hydrogen-bond donors (Lipinski definition) is 1. The number of benzene rings is 3. The van der Waals surface area contributed by atoms with Crippen LogP contribution in [0.2, 0.25) is 0 Å². The second kappa shape index (κ2) is 7.79. The molecule has 1 unspecified atom stereocenters. The van der Waals surface area contributed by atoms with Gasteiger partial charge in [0.2, 0.25) is 5.91 Å². The third-order valence-electron chi connectivity index (χ3n) is 5.24. The molecule has 1 atom stereocenters. The molecule has 0 saturated carbocycles. The minimum absolute atomic E-state index is 0.384. The van der Waals surface area contributed by atoms with E-state index in [1.807, 2.05) is 0 Å². The molecule has 1 aliphatic heterocycles. The number of nitrogens with zero attached hydrogens (tertiary/aromatic N) is 1. The molecule has 3 aromatic carbocycles. The summed E-state index contributed by atoms with van der Waals surface area (Å²) in [6.07, 6.45) is -0.846. The van der Waals surface area contributed by atoms with Crippen LogP contribution in [0.15, 0.2) is 72.8 Å². The van der Waals surface area contributed by atoms with Crippen molar-refractivity contribution in [2.24, 2.45) is 5.73 Å². The fourth-order valence-corrected chi connectivity index (χ4v) is 3.96. The van der Waals surface area contributed by atoms with E-state index in [1.54, 1.807) is 0 Å². The summed E-state index contributed by atoms with van der Waals surface area (Å²) < 4.78 is 46.8. The van der Waals surface area contributed by atoms with Gasteiger partial charge in [0.15, 0.2) is 5.60 Å². The van der Waals surface area contributed by atoms with E-state index in [-0.39, 0.29) is 0 Å². The molecule has 0 radical (unpaired) electrons. The summed E-state index contributed by atoms with van der Waals surface area (Å²) in [6, 6.07) is 14.9. The van der Waals surface area contributed by atoms with E-state index >= 15 is 0 Å². The van der Waals surface area contributed by atoms with Crippen LogP contribution < -0.4 is 5.73 Å². The molecule has 1 saturated heterocycles. The van der Waals surface area contributed by atoms with E-state index in [9.17, 15) is 22.8 Å². The summed E-state index contributed by atoms with van der Waals surface area (Å²) in [7, 11) is 0. The number of hydrogen-bond acceptors (Lipinski definition) is 3. The summed E-state index contributed by atoms with van der Waals surface area (Å²) in [5, 5.41) is 0. The van der Waals surface area contributed by atoms with Crippen molar-refractivity contribution in [3.8, 4) is 0 Å². The normalized spacial score (nSPS) is 17.5. The molecule has 1 aliphatic rings. The van der Waals surface area contributed by atoms with Crippen LogP contribution in [0.4, 0.5) is 18.0 Å². The van der Waals surface area contributed by atoms with Crippen molar-refractivity contribution in [1.82, 2.24) is 4.90 Å².